The van der Waals surface area contributed by atoms with Crippen molar-refractivity contribution in [1.29, 1.82) is 0 Å². The molecule has 0 unspecified atom stereocenters. The molecule has 0 amide bonds. The average molecular weight is 324 g/mol. The first-order valence-electron chi connectivity index (χ1n) is 7.67. The number of ketones is 1. The number of carbonyl (C=O) groups excluding carboxylic acids is 1. The highest BCUT2D eigenvalue weighted by atomic mass is 16.6. The summed E-state index contributed by atoms with van der Waals surface area (Å²) in [6.45, 7) is 1.95. The van der Waals surface area contributed by atoms with Crippen LogP contribution in [0.3, 0.4) is 0 Å². The predicted molar refractivity (Wildman–Crippen MR) is 89.9 cm³/mol. The molecule has 0 radical (unpaired) electrons. The molecule has 7 nitrogen and oxygen atoms in total. The molecule has 3 rings (SSSR count). The Balaban J connectivity index is 1.69. The molecule has 122 valence electrons. The van der Waals surface area contributed by atoms with Gasteiger partial charge < -0.3 is 4.90 Å². The van der Waals surface area contributed by atoms with E-state index >= 15 is 0 Å². The van der Waals surface area contributed by atoms with Gasteiger partial charge in [0, 0.05) is 48.7 Å². The molecule has 2 heterocycles. The molecule has 0 spiro atoms. The second kappa shape index (κ2) is 6.99. The quantitative estimate of drug-likeness (QED) is 0.363. The van der Waals surface area contributed by atoms with Gasteiger partial charge >= 0.3 is 0 Å². The van der Waals surface area contributed by atoms with Crippen LogP contribution in [0.4, 0.5) is 11.6 Å². The SMILES string of the molecule is O=C(/C=C\c1cnc(N2CCCC2)nc1)c1cccc([N+](=O)[O-])c1. The van der Waals surface area contributed by atoms with Crippen molar-refractivity contribution < 1.29 is 9.72 Å². The molecule has 0 N–H and O–H groups in total. The maximum Gasteiger partial charge on any atom is 0.270 e. The van der Waals surface area contributed by atoms with E-state index < -0.39 is 4.92 Å². The number of non-ortho nitro benzene ring substituents is 1. The topological polar surface area (TPSA) is 89.2 Å². The van der Waals surface area contributed by atoms with Gasteiger partial charge in [-0.05, 0) is 25.0 Å². The van der Waals surface area contributed by atoms with Gasteiger partial charge in [-0.2, -0.15) is 0 Å². The molecule has 0 atom stereocenters. The van der Waals surface area contributed by atoms with Crippen LogP contribution in [0.5, 0.6) is 0 Å². The number of carbonyl (C=O) groups is 1. The van der Waals surface area contributed by atoms with Crippen LogP contribution in [0.2, 0.25) is 0 Å². The van der Waals surface area contributed by atoms with E-state index in [9.17, 15) is 14.9 Å². The van der Waals surface area contributed by atoms with Crippen molar-refractivity contribution >= 4 is 23.5 Å². The standard InChI is InChI=1S/C17H16N4O3/c22-16(14-4-3-5-15(10-14)21(23)24)7-6-13-11-18-17(19-12-13)20-8-1-2-9-20/h3-7,10-12H,1-2,8-9H2/b7-6-. The lowest BCUT2D eigenvalue weighted by atomic mass is 10.1. The minimum absolute atomic E-state index is 0.104. The summed E-state index contributed by atoms with van der Waals surface area (Å²) in [7, 11) is 0. The highest BCUT2D eigenvalue weighted by Crippen LogP contribution is 2.16. The molecule has 1 aliphatic heterocycles. The van der Waals surface area contributed by atoms with E-state index in [2.05, 4.69) is 14.9 Å². The number of nitrogens with zero attached hydrogens (tertiary/aromatic N) is 4. The number of nitro groups is 1. The van der Waals surface area contributed by atoms with Crippen LogP contribution >= 0.6 is 0 Å². The van der Waals surface area contributed by atoms with Crippen molar-refractivity contribution in [1.82, 2.24) is 9.97 Å². The van der Waals surface area contributed by atoms with Crippen molar-refractivity contribution in [3.63, 3.8) is 0 Å². The molecular formula is C17H16N4O3. The second-order valence-electron chi connectivity index (χ2n) is 5.52. The van der Waals surface area contributed by atoms with Gasteiger partial charge in [0.2, 0.25) is 5.95 Å². The fraction of sp³-hybridized carbons (Fsp3) is 0.235. The van der Waals surface area contributed by atoms with Crippen molar-refractivity contribution in [2.75, 3.05) is 18.0 Å². The summed E-state index contributed by atoms with van der Waals surface area (Å²) in [5.74, 6) is 0.400. The first-order valence-corrected chi connectivity index (χ1v) is 7.67. The summed E-state index contributed by atoms with van der Waals surface area (Å²) in [6.07, 6.45) is 8.61. The first-order chi connectivity index (χ1) is 11.6. The molecule has 1 saturated heterocycles. The van der Waals surface area contributed by atoms with Gasteiger partial charge in [-0.3, -0.25) is 14.9 Å². The minimum Gasteiger partial charge on any atom is -0.341 e. The first kappa shape index (κ1) is 15.8. The Kier molecular flexibility index (Phi) is 4.60. The normalized spacial score (nSPS) is 14.2. The van der Waals surface area contributed by atoms with Crippen LogP contribution < -0.4 is 4.90 Å². The molecule has 1 aromatic heterocycles. The summed E-state index contributed by atoms with van der Waals surface area (Å²) in [5.41, 5.74) is 0.874. The van der Waals surface area contributed by atoms with E-state index in [0.29, 0.717) is 11.5 Å². The molecule has 0 bridgehead atoms. The Labute approximate surface area is 138 Å². The summed E-state index contributed by atoms with van der Waals surface area (Å²) < 4.78 is 0. The number of anilines is 1. The van der Waals surface area contributed by atoms with Crippen LogP contribution in [-0.4, -0.2) is 33.8 Å². The highest BCUT2D eigenvalue weighted by molar-refractivity contribution is 6.07. The number of hydrogen-bond acceptors (Lipinski definition) is 6. The van der Waals surface area contributed by atoms with E-state index in [-0.39, 0.29) is 17.0 Å². The molecular weight excluding hydrogens is 308 g/mol. The summed E-state index contributed by atoms with van der Waals surface area (Å²) in [5, 5.41) is 10.8. The Bertz CT molecular complexity index is 781. The number of hydrogen-bond donors (Lipinski definition) is 0. The lowest BCUT2D eigenvalue weighted by Gasteiger charge is -2.14. The lowest BCUT2D eigenvalue weighted by Crippen LogP contribution is -2.20. The molecule has 0 aliphatic carbocycles. The number of rotatable bonds is 5. The summed E-state index contributed by atoms with van der Waals surface area (Å²) >= 11 is 0. The van der Waals surface area contributed by atoms with Crippen molar-refractivity contribution in [2.24, 2.45) is 0 Å². The lowest BCUT2D eigenvalue weighted by molar-refractivity contribution is -0.384. The van der Waals surface area contributed by atoms with E-state index in [4.69, 9.17) is 0 Å². The van der Waals surface area contributed by atoms with Gasteiger partial charge in [-0.1, -0.05) is 12.1 Å². The predicted octanol–water partition coefficient (Wildman–Crippen LogP) is 2.88. The minimum atomic E-state index is -0.522. The van der Waals surface area contributed by atoms with Gasteiger partial charge in [0.25, 0.3) is 5.69 Å². The summed E-state index contributed by atoms with van der Waals surface area (Å²) in [4.78, 5) is 33.1. The van der Waals surface area contributed by atoms with Gasteiger partial charge in [0.05, 0.1) is 4.92 Å². The molecule has 7 heteroatoms. The Morgan fingerprint density at radius 1 is 1.21 bits per heavy atom. The van der Waals surface area contributed by atoms with Crippen LogP contribution in [0.1, 0.15) is 28.8 Å². The zero-order valence-corrected chi connectivity index (χ0v) is 13.0. The maximum absolute atomic E-state index is 12.1. The third kappa shape index (κ3) is 3.62. The molecule has 1 aliphatic rings. The van der Waals surface area contributed by atoms with Crippen LogP contribution in [0, 0.1) is 10.1 Å². The third-order valence-corrected chi connectivity index (χ3v) is 3.82. The fourth-order valence-electron chi connectivity index (χ4n) is 2.54. The zero-order chi connectivity index (χ0) is 16.9. The largest absolute Gasteiger partial charge is 0.341 e. The number of benzene rings is 1. The van der Waals surface area contributed by atoms with Crippen molar-refractivity contribution in [3.8, 4) is 0 Å². The van der Waals surface area contributed by atoms with Crippen molar-refractivity contribution in [2.45, 2.75) is 12.8 Å². The van der Waals surface area contributed by atoms with E-state index in [1.54, 1.807) is 24.5 Å². The highest BCUT2D eigenvalue weighted by Gasteiger charge is 2.14. The smallest absolute Gasteiger partial charge is 0.270 e. The van der Waals surface area contributed by atoms with Gasteiger partial charge in [-0.15, -0.1) is 0 Å². The monoisotopic (exact) mass is 324 g/mol. The number of aromatic nitrogens is 2. The molecule has 1 aromatic carbocycles. The Hall–Kier alpha value is -3.09. The molecule has 2 aromatic rings. The Morgan fingerprint density at radius 3 is 2.58 bits per heavy atom. The maximum atomic E-state index is 12.1. The zero-order valence-electron chi connectivity index (χ0n) is 13.0. The molecule has 0 saturated carbocycles. The Morgan fingerprint density at radius 2 is 1.92 bits per heavy atom. The van der Waals surface area contributed by atoms with E-state index in [0.717, 1.165) is 25.9 Å². The van der Waals surface area contributed by atoms with E-state index in [1.165, 1.54) is 24.3 Å². The third-order valence-electron chi connectivity index (χ3n) is 3.82. The average Bonchev–Trinajstić information content (AvgIpc) is 3.15. The number of allylic oxidation sites excluding steroid dienone is 1. The molecule has 1 fully saturated rings. The van der Waals surface area contributed by atoms with Gasteiger partial charge in [0.1, 0.15) is 0 Å². The van der Waals surface area contributed by atoms with Crippen molar-refractivity contribution in [3.05, 3.63) is 64.0 Å². The van der Waals surface area contributed by atoms with Crippen LogP contribution in [0.15, 0.2) is 42.7 Å². The fourth-order valence-corrected chi connectivity index (χ4v) is 2.54. The second-order valence-corrected chi connectivity index (χ2v) is 5.52. The van der Waals surface area contributed by atoms with Crippen LogP contribution in [-0.2, 0) is 0 Å². The number of nitro benzene ring substituents is 1. The summed E-state index contributed by atoms with van der Waals surface area (Å²) in [6, 6.07) is 5.66. The van der Waals surface area contributed by atoms with Gasteiger partial charge in [0.15, 0.2) is 5.78 Å². The van der Waals surface area contributed by atoms with E-state index in [1.807, 2.05) is 0 Å². The van der Waals surface area contributed by atoms with Crippen LogP contribution in [0.25, 0.3) is 6.08 Å². The van der Waals surface area contributed by atoms with Gasteiger partial charge in [-0.25, -0.2) is 9.97 Å². The molecule has 24 heavy (non-hydrogen) atoms.